The van der Waals surface area contributed by atoms with Gasteiger partial charge in [-0.05, 0) is 37.3 Å². The number of piperidine rings is 1. The van der Waals surface area contributed by atoms with Crippen molar-refractivity contribution >= 4 is 21.6 Å². The van der Waals surface area contributed by atoms with Crippen molar-refractivity contribution in [3.8, 4) is 0 Å². The van der Waals surface area contributed by atoms with Crippen molar-refractivity contribution in [3.63, 3.8) is 0 Å². The second-order valence-electron chi connectivity index (χ2n) is 6.47. The quantitative estimate of drug-likeness (QED) is 0.815. The zero-order chi connectivity index (χ0) is 17.9. The lowest BCUT2D eigenvalue weighted by Gasteiger charge is -2.37. The number of benzene rings is 1. The highest BCUT2D eigenvalue weighted by molar-refractivity contribution is 7.92. The van der Waals surface area contributed by atoms with E-state index in [0.717, 1.165) is 23.4 Å². The lowest BCUT2D eigenvalue weighted by molar-refractivity contribution is -0.134. The molecule has 2 unspecified atom stereocenters. The molecule has 1 amide bonds. The third-order valence-corrected chi connectivity index (χ3v) is 5.54. The molecule has 0 bridgehead atoms. The molecule has 1 heterocycles. The SMILES string of the molecule is CCC(C(=O)N1CCCC(C)C1)N(c1ccccc1F)S(C)(=O)=O. The zero-order valence-corrected chi connectivity index (χ0v) is 15.2. The summed E-state index contributed by atoms with van der Waals surface area (Å²) in [5.74, 6) is -0.515. The maximum Gasteiger partial charge on any atom is 0.246 e. The van der Waals surface area contributed by atoms with Gasteiger partial charge in [0.2, 0.25) is 15.9 Å². The molecule has 134 valence electrons. The van der Waals surface area contributed by atoms with E-state index >= 15 is 0 Å². The van der Waals surface area contributed by atoms with Crippen LogP contribution >= 0.6 is 0 Å². The molecule has 24 heavy (non-hydrogen) atoms. The Hall–Kier alpha value is -1.63. The van der Waals surface area contributed by atoms with Crippen molar-refractivity contribution in [1.29, 1.82) is 0 Å². The number of carbonyl (C=O) groups is 1. The molecule has 5 nitrogen and oxygen atoms in total. The Labute approximate surface area is 143 Å². The topological polar surface area (TPSA) is 57.7 Å². The normalized spacial score (nSPS) is 19.8. The molecular weight excluding hydrogens is 331 g/mol. The number of likely N-dealkylation sites (tertiary alicyclic amines) is 1. The molecule has 0 N–H and O–H groups in total. The van der Waals surface area contributed by atoms with Crippen LogP contribution in [0.4, 0.5) is 10.1 Å². The monoisotopic (exact) mass is 356 g/mol. The number of nitrogens with zero attached hydrogens (tertiary/aromatic N) is 2. The van der Waals surface area contributed by atoms with E-state index in [1.54, 1.807) is 17.9 Å². The molecular formula is C17H25FN2O3S. The summed E-state index contributed by atoms with van der Waals surface area (Å²) in [6.45, 7) is 5.05. The van der Waals surface area contributed by atoms with E-state index in [2.05, 4.69) is 6.92 Å². The van der Waals surface area contributed by atoms with Gasteiger partial charge in [0.1, 0.15) is 11.9 Å². The summed E-state index contributed by atoms with van der Waals surface area (Å²) < 4.78 is 39.8. The van der Waals surface area contributed by atoms with Crippen LogP contribution in [0, 0.1) is 11.7 Å². The van der Waals surface area contributed by atoms with Crippen LogP contribution in [-0.2, 0) is 14.8 Å². The molecule has 1 aromatic carbocycles. The fourth-order valence-corrected chi connectivity index (χ4v) is 4.46. The minimum Gasteiger partial charge on any atom is -0.341 e. The van der Waals surface area contributed by atoms with E-state index in [9.17, 15) is 17.6 Å². The van der Waals surface area contributed by atoms with Crippen LogP contribution in [0.25, 0.3) is 0 Å². The summed E-state index contributed by atoms with van der Waals surface area (Å²) in [5, 5.41) is 0. The van der Waals surface area contributed by atoms with Crippen molar-refractivity contribution in [3.05, 3.63) is 30.1 Å². The Morgan fingerprint density at radius 3 is 2.62 bits per heavy atom. The number of rotatable bonds is 5. The first-order valence-electron chi connectivity index (χ1n) is 8.28. The number of para-hydroxylation sites is 1. The Morgan fingerprint density at radius 2 is 2.08 bits per heavy atom. The molecule has 7 heteroatoms. The van der Waals surface area contributed by atoms with Crippen molar-refractivity contribution in [1.82, 2.24) is 4.90 Å². The molecule has 1 aromatic rings. The van der Waals surface area contributed by atoms with E-state index in [1.165, 1.54) is 18.2 Å². The predicted octanol–water partition coefficient (Wildman–Crippen LogP) is 2.63. The van der Waals surface area contributed by atoms with Gasteiger partial charge in [-0.15, -0.1) is 0 Å². The highest BCUT2D eigenvalue weighted by Crippen LogP contribution is 2.27. The molecule has 1 saturated heterocycles. The zero-order valence-electron chi connectivity index (χ0n) is 14.4. The minimum absolute atomic E-state index is 0.0785. The summed E-state index contributed by atoms with van der Waals surface area (Å²) in [4.78, 5) is 14.7. The standard InChI is InChI=1S/C17H25FN2O3S/c1-4-15(17(21)19-11-7-8-13(2)12-19)20(24(3,22)23)16-10-6-5-9-14(16)18/h5-6,9-10,13,15H,4,7-8,11-12H2,1-3H3. The summed E-state index contributed by atoms with van der Waals surface area (Å²) >= 11 is 0. The molecule has 1 aliphatic heterocycles. The van der Waals surface area contributed by atoms with Gasteiger partial charge in [-0.1, -0.05) is 26.0 Å². The lowest BCUT2D eigenvalue weighted by Crippen LogP contribution is -2.53. The van der Waals surface area contributed by atoms with Gasteiger partial charge < -0.3 is 4.90 Å². The fourth-order valence-electron chi connectivity index (χ4n) is 3.25. The first-order valence-corrected chi connectivity index (χ1v) is 10.1. The molecule has 1 aliphatic rings. The maximum atomic E-state index is 14.2. The molecule has 0 aromatic heterocycles. The van der Waals surface area contributed by atoms with Gasteiger partial charge in [-0.2, -0.15) is 0 Å². The second kappa shape index (κ2) is 7.51. The van der Waals surface area contributed by atoms with E-state index in [4.69, 9.17) is 0 Å². The number of hydrogen-bond donors (Lipinski definition) is 0. The third kappa shape index (κ3) is 4.06. The third-order valence-electron chi connectivity index (χ3n) is 4.37. The Morgan fingerprint density at radius 1 is 1.42 bits per heavy atom. The summed E-state index contributed by atoms with van der Waals surface area (Å²) in [6.07, 6.45) is 3.25. The molecule has 0 saturated carbocycles. The lowest BCUT2D eigenvalue weighted by atomic mass is 9.99. The average Bonchev–Trinajstić information content (AvgIpc) is 2.52. The van der Waals surface area contributed by atoms with Crippen LogP contribution in [0.3, 0.4) is 0 Å². The molecule has 0 aliphatic carbocycles. The molecule has 2 atom stereocenters. The molecule has 2 rings (SSSR count). The fraction of sp³-hybridized carbons (Fsp3) is 0.588. The van der Waals surface area contributed by atoms with E-state index in [-0.39, 0.29) is 18.0 Å². The minimum atomic E-state index is -3.80. The second-order valence-corrected chi connectivity index (χ2v) is 8.33. The van der Waals surface area contributed by atoms with Crippen LogP contribution in [0.2, 0.25) is 0 Å². The number of hydrogen-bond acceptors (Lipinski definition) is 3. The van der Waals surface area contributed by atoms with Gasteiger partial charge in [-0.3, -0.25) is 9.10 Å². The Bertz CT molecular complexity index is 693. The first kappa shape index (κ1) is 18.7. The number of amides is 1. The average molecular weight is 356 g/mol. The maximum absolute atomic E-state index is 14.2. The number of anilines is 1. The van der Waals surface area contributed by atoms with Gasteiger partial charge >= 0.3 is 0 Å². The van der Waals surface area contributed by atoms with Gasteiger partial charge in [0.25, 0.3) is 0 Å². The smallest absolute Gasteiger partial charge is 0.246 e. The van der Waals surface area contributed by atoms with E-state index in [1.807, 2.05) is 0 Å². The van der Waals surface area contributed by atoms with Gasteiger partial charge in [0.15, 0.2) is 0 Å². The highest BCUT2D eigenvalue weighted by Gasteiger charge is 2.36. The predicted molar refractivity (Wildman–Crippen MR) is 92.8 cm³/mol. The Balaban J connectivity index is 2.40. The van der Waals surface area contributed by atoms with Gasteiger partial charge in [0, 0.05) is 13.1 Å². The summed E-state index contributed by atoms with van der Waals surface area (Å²) in [6, 6.07) is 4.73. The van der Waals surface area contributed by atoms with Gasteiger partial charge in [-0.25, -0.2) is 12.8 Å². The molecule has 1 fully saturated rings. The number of halogens is 1. The van der Waals surface area contributed by atoms with Crippen LogP contribution in [0.5, 0.6) is 0 Å². The summed E-state index contributed by atoms with van der Waals surface area (Å²) in [7, 11) is -3.80. The highest BCUT2D eigenvalue weighted by atomic mass is 32.2. The van der Waals surface area contributed by atoms with Crippen LogP contribution in [-0.4, -0.2) is 44.6 Å². The number of carbonyl (C=O) groups excluding carboxylic acids is 1. The van der Waals surface area contributed by atoms with Crippen LogP contribution in [0.15, 0.2) is 24.3 Å². The van der Waals surface area contributed by atoms with Crippen molar-refractivity contribution in [2.45, 2.75) is 39.2 Å². The largest absolute Gasteiger partial charge is 0.341 e. The van der Waals surface area contributed by atoms with E-state index in [0.29, 0.717) is 19.0 Å². The van der Waals surface area contributed by atoms with Crippen LogP contribution in [0.1, 0.15) is 33.1 Å². The van der Waals surface area contributed by atoms with Crippen LogP contribution < -0.4 is 4.31 Å². The number of sulfonamides is 1. The van der Waals surface area contributed by atoms with Crippen molar-refractivity contribution < 1.29 is 17.6 Å². The van der Waals surface area contributed by atoms with Crippen molar-refractivity contribution in [2.75, 3.05) is 23.7 Å². The Kier molecular flexibility index (Phi) is 5.85. The van der Waals surface area contributed by atoms with Gasteiger partial charge in [0.05, 0.1) is 11.9 Å². The first-order chi connectivity index (χ1) is 11.3. The van der Waals surface area contributed by atoms with E-state index < -0.39 is 21.9 Å². The summed E-state index contributed by atoms with van der Waals surface area (Å²) in [5.41, 5.74) is -0.0785. The molecule has 0 radical (unpaired) electrons. The molecule has 0 spiro atoms. The van der Waals surface area contributed by atoms with Crippen molar-refractivity contribution in [2.24, 2.45) is 5.92 Å².